The minimum absolute atomic E-state index is 0.167. The molecule has 3 aliphatic rings. The van der Waals surface area contributed by atoms with E-state index in [-0.39, 0.29) is 5.91 Å². The van der Waals surface area contributed by atoms with Crippen LogP contribution in [-0.4, -0.2) is 42.7 Å². The van der Waals surface area contributed by atoms with E-state index >= 15 is 0 Å². The standard InChI is InChI=1S/C26H27N5OS2/c1-15-6-9-19-20(12-15)34-25-22(19)24-28-29-26(31(24)23(27-25)17-7-8-17)33-14-21(32)30-11-10-16-4-2-3-5-18(16)13-30/h2-5,15,17H,6-14H2,1H3/t15-/m1/s1. The Morgan fingerprint density at radius 2 is 2.00 bits per heavy atom. The molecule has 1 aromatic carbocycles. The maximum Gasteiger partial charge on any atom is 0.233 e. The number of carbonyl (C=O) groups is 1. The summed E-state index contributed by atoms with van der Waals surface area (Å²) >= 11 is 3.37. The number of benzene rings is 1. The van der Waals surface area contributed by atoms with E-state index in [1.165, 1.54) is 58.0 Å². The lowest BCUT2D eigenvalue weighted by atomic mass is 9.89. The van der Waals surface area contributed by atoms with Crippen LogP contribution in [-0.2, 0) is 30.6 Å². The van der Waals surface area contributed by atoms with Gasteiger partial charge in [0.15, 0.2) is 10.8 Å². The smallest absolute Gasteiger partial charge is 0.233 e. The summed E-state index contributed by atoms with van der Waals surface area (Å²) in [5.74, 6) is 2.84. The molecule has 0 unspecified atom stereocenters. The summed E-state index contributed by atoms with van der Waals surface area (Å²) in [6.07, 6.45) is 6.73. The Hall–Kier alpha value is -2.45. The van der Waals surface area contributed by atoms with E-state index in [2.05, 4.69) is 45.8 Å². The monoisotopic (exact) mass is 489 g/mol. The summed E-state index contributed by atoms with van der Waals surface area (Å²) in [5, 5.41) is 11.3. The van der Waals surface area contributed by atoms with Crippen LogP contribution < -0.4 is 0 Å². The van der Waals surface area contributed by atoms with Gasteiger partial charge in [-0.2, -0.15) is 0 Å². The molecule has 1 atom stereocenters. The molecule has 6 nitrogen and oxygen atoms in total. The normalized spacial score (nSPS) is 20.0. The Morgan fingerprint density at radius 1 is 1.15 bits per heavy atom. The molecular weight excluding hydrogens is 462 g/mol. The average molecular weight is 490 g/mol. The van der Waals surface area contributed by atoms with E-state index in [1.54, 1.807) is 0 Å². The highest BCUT2D eigenvalue weighted by Crippen LogP contribution is 2.44. The molecule has 0 radical (unpaired) electrons. The highest BCUT2D eigenvalue weighted by molar-refractivity contribution is 7.99. The second kappa shape index (κ2) is 8.05. The molecule has 0 N–H and O–H groups in total. The minimum Gasteiger partial charge on any atom is -0.337 e. The van der Waals surface area contributed by atoms with Crippen LogP contribution in [0.4, 0.5) is 0 Å². The van der Waals surface area contributed by atoms with Crippen molar-refractivity contribution in [1.82, 2.24) is 24.5 Å². The van der Waals surface area contributed by atoms with Gasteiger partial charge in [0.1, 0.15) is 10.7 Å². The number of aromatic nitrogens is 4. The van der Waals surface area contributed by atoms with Gasteiger partial charge in [-0.1, -0.05) is 43.0 Å². The third-order valence-corrected chi connectivity index (χ3v) is 9.61. The van der Waals surface area contributed by atoms with Gasteiger partial charge in [0.05, 0.1) is 11.1 Å². The van der Waals surface area contributed by atoms with Gasteiger partial charge in [-0.05, 0) is 61.1 Å². The highest BCUT2D eigenvalue weighted by atomic mass is 32.2. The van der Waals surface area contributed by atoms with Crippen molar-refractivity contribution in [1.29, 1.82) is 0 Å². The van der Waals surface area contributed by atoms with Crippen molar-refractivity contribution in [2.24, 2.45) is 5.92 Å². The van der Waals surface area contributed by atoms with E-state index in [0.717, 1.165) is 53.2 Å². The molecule has 8 heteroatoms. The number of thiophene rings is 1. The number of thioether (sulfide) groups is 1. The van der Waals surface area contributed by atoms with Crippen LogP contribution >= 0.6 is 23.1 Å². The van der Waals surface area contributed by atoms with E-state index in [9.17, 15) is 4.79 Å². The molecule has 0 saturated heterocycles. The first-order valence-corrected chi connectivity index (χ1v) is 14.1. The van der Waals surface area contributed by atoms with Crippen LogP contribution in [0, 0.1) is 5.92 Å². The maximum absolute atomic E-state index is 13.1. The number of amides is 1. The van der Waals surface area contributed by atoms with E-state index < -0.39 is 0 Å². The molecule has 3 aromatic heterocycles. The van der Waals surface area contributed by atoms with Crippen molar-refractivity contribution >= 4 is 44.9 Å². The summed E-state index contributed by atoms with van der Waals surface area (Å²) in [6.45, 7) is 3.83. The number of nitrogens with zero attached hydrogens (tertiary/aromatic N) is 5. The third kappa shape index (κ3) is 3.45. The van der Waals surface area contributed by atoms with E-state index in [4.69, 9.17) is 4.98 Å². The van der Waals surface area contributed by atoms with Gasteiger partial charge in [0.2, 0.25) is 5.91 Å². The Labute approximate surface area is 206 Å². The summed E-state index contributed by atoms with van der Waals surface area (Å²) in [6, 6.07) is 8.44. The number of carbonyl (C=O) groups excluding carboxylic acids is 1. The van der Waals surface area contributed by atoms with Crippen molar-refractivity contribution in [3.05, 3.63) is 51.7 Å². The topological polar surface area (TPSA) is 63.4 Å². The van der Waals surface area contributed by atoms with Gasteiger partial charge >= 0.3 is 0 Å². The fourth-order valence-corrected chi connectivity index (χ4v) is 7.70. The van der Waals surface area contributed by atoms with Gasteiger partial charge < -0.3 is 4.90 Å². The summed E-state index contributed by atoms with van der Waals surface area (Å²) < 4.78 is 2.18. The zero-order valence-electron chi connectivity index (χ0n) is 19.3. The second-order valence-electron chi connectivity index (χ2n) is 10.0. The Bertz CT molecular complexity index is 1440. The number of hydrogen-bond donors (Lipinski definition) is 0. The minimum atomic E-state index is 0.167. The van der Waals surface area contributed by atoms with Gasteiger partial charge in [-0.15, -0.1) is 21.5 Å². The number of rotatable bonds is 4. The molecule has 4 heterocycles. The number of hydrogen-bond acceptors (Lipinski definition) is 6. The lowest BCUT2D eigenvalue weighted by Crippen LogP contribution is -2.37. The van der Waals surface area contributed by atoms with Crippen LogP contribution in [0.1, 0.15) is 59.5 Å². The molecule has 1 saturated carbocycles. The predicted octanol–water partition coefficient (Wildman–Crippen LogP) is 5.02. The maximum atomic E-state index is 13.1. The van der Waals surface area contributed by atoms with Crippen molar-refractivity contribution in [2.75, 3.05) is 12.3 Å². The fourth-order valence-electron chi connectivity index (χ4n) is 5.47. The highest BCUT2D eigenvalue weighted by Gasteiger charge is 2.32. The lowest BCUT2D eigenvalue weighted by Gasteiger charge is -2.28. The number of fused-ring (bicyclic) bond motifs is 6. The molecule has 2 aliphatic carbocycles. The van der Waals surface area contributed by atoms with Crippen LogP contribution in [0.2, 0.25) is 0 Å². The van der Waals surface area contributed by atoms with Crippen molar-refractivity contribution in [3.8, 4) is 0 Å². The summed E-state index contributed by atoms with van der Waals surface area (Å²) in [5.41, 5.74) is 5.00. The van der Waals surface area contributed by atoms with E-state index in [1.807, 2.05) is 16.2 Å². The number of aryl methyl sites for hydroxylation is 1. The SMILES string of the molecule is C[C@@H]1CCc2c(sc3nc(C4CC4)n4c(SCC(=O)N5CCc6ccccc6C5)nnc4c23)C1. The third-order valence-electron chi connectivity index (χ3n) is 7.55. The molecule has 1 aliphatic heterocycles. The van der Waals surface area contributed by atoms with Crippen molar-refractivity contribution in [3.63, 3.8) is 0 Å². The molecule has 1 amide bonds. The van der Waals surface area contributed by atoms with E-state index in [0.29, 0.717) is 18.2 Å². The molecule has 0 spiro atoms. The Balaban J connectivity index is 1.20. The molecular formula is C26H27N5OS2. The van der Waals surface area contributed by atoms with Crippen LogP contribution in [0.15, 0.2) is 29.4 Å². The van der Waals surface area contributed by atoms with Crippen LogP contribution in [0.3, 0.4) is 0 Å². The van der Waals surface area contributed by atoms with Gasteiger partial charge in [-0.25, -0.2) is 4.98 Å². The van der Waals surface area contributed by atoms with Crippen LogP contribution in [0.5, 0.6) is 0 Å². The van der Waals surface area contributed by atoms with Gasteiger partial charge in [0, 0.05) is 23.9 Å². The first kappa shape index (κ1) is 20.9. The molecule has 0 bridgehead atoms. The largest absolute Gasteiger partial charge is 0.337 e. The first-order chi connectivity index (χ1) is 16.7. The summed E-state index contributed by atoms with van der Waals surface area (Å²) in [4.78, 5) is 22.8. The zero-order chi connectivity index (χ0) is 22.8. The molecule has 174 valence electrons. The molecule has 4 aromatic rings. The molecule has 34 heavy (non-hydrogen) atoms. The Kier molecular flexibility index (Phi) is 4.95. The van der Waals surface area contributed by atoms with Gasteiger partial charge in [-0.3, -0.25) is 9.20 Å². The first-order valence-electron chi connectivity index (χ1n) is 12.3. The Morgan fingerprint density at radius 3 is 2.85 bits per heavy atom. The average Bonchev–Trinajstić information content (AvgIpc) is 3.52. The predicted molar refractivity (Wildman–Crippen MR) is 136 cm³/mol. The van der Waals surface area contributed by atoms with Crippen molar-refractivity contribution < 1.29 is 4.79 Å². The fraction of sp³-hybridized carbons (Fsp3) is 0.462. The molecule has 7 rings (SSSR count). The van der Waals surface area contributed by atoms with Gasteiger partial charge in [0.25, 0.3) is 0 Å². The summed E-state index contributed by atoms with van der Waals surface area (Å²) in [7, 11) is 0. The zero-order valence-corrected chi connectivity index (χ0v) is 20.9. The quantitative estimate of drug-likeness (QED) is 0.377. The van der Waals surface area contributed by atoms with Crippen molar-refractivity contribution in [2.45, 2.75) is 63.1 Å². The van der Waals surface area contributed by atoms with Crippen LogP contribution in [0.25, 0.3) is 15.9 Å². The molecule has 1 fully saturated rings. The lowest BCUT2D eigenvalue weighted by molar-refractivity contribution is -0.129. The second-order valence-corrected chi connectivity index (χ2v) is 12.1.